The van der Waals surface area contributed by atoms with Crippen molar-refractivity contribution in [3.8, 4) is 0 Å². The van der Waals surface area contributed by atoms with E-state index in [1.54, 1.807) is 28.4 Å². The largest absolute Gasteiger partial charge is 0.318 e. The lowest BCUT2D eigenvalue weighted by Crippen LogP contribution is -2.22. The molecule has 2 heterocycles. The molecule has 18 heavy (non-hydrogen) atoms. The van der Waals surface area contributed by atoms with E-state index in [9.17, 15) is 4.79 Å². The lowest BCUT2D eigenvalue weighted by atomic mass is 10.0. The highest BCUT2D eigenvalue weighted by Crippen LogP contribution is 2.20. The highest BCUT2D eigenvalue weighted by molar-refractivity contribution is 7.12. The van der Waals surface area contributed by atoms with Crippen molar-refractivity contribution in [2.75, 3.05) is 0 Å². The molecule has 2 aromatic rings. The minimum absolute atomic E-state index is 0.0347. The van der Waals surface area contributed by atoms with Gasteiger partial charge in [0.15, 0.2) is 5.78 Å². The van der Waals surface area contributed by atoms with Gasteiger partial charge >= 0.3 is 0 Å². The monoisotopic (exact) mass is 263 g/mol. The minimum atomic E-state index is -0.578. The van der Waals surface area contributed by atoms with Crippen LogP contribution in [-0.2, 0) is 24.7 Å². The van der Waals surface area contributed by atoms with Gasteiger partial charge in [-0.2, -0.15) is 5.10 Å². The van der Waals surface area contributed by atoms with Crippen LogP contribution in [0.15, 0.2) is 24.5 Å². The van der Waals surface area contributed by atoms with Crippen LogP contribution in [0, 0.1) is 0 Å². The fourth-order valence-corrected chi connectivity index (χ4v) is 2.74. The third kappa shape index (κ3) is 2.86. The molecule has 0 saturated heterocycles. The van der Waals surface area contributed by atoms with Crippen LogP contribution in [0.2, 0.25) is 0 Å². The van der Waals surface area contributed by atoms with Gasteiger partial charge in [-0.05, 0) is 18.6 Å². The summed E-state index contributed by atoms with van der Waals surface area (Å²) in [5.41, 5.74) is 6.71. The summed E-state index contributed by atoms with van der Waals surface area (Å²) in [4.78, 5) is 14.4. The van der Waals surface area contributed by atoms with Crippen LogP contribution in [0.5, 0.6) is 0 Å². The molecule has 96 valence electrons. The first kappa shape index (κ1) is 13.0. The van der Waals surface area contributed by atoms with Crippen LogP contribution in [0.25, 0.3) is 0 Å². The van der Waals surface area contributed by atoms with E-state index in [1.807, 2.05) is 13.1 Å². The van der Waals surface area contributed by atoms with E-state index >= 15 is 0 Å². The zero-order chi connectivity index (χ0) is 13.1. The molecule has 4 nitrogen and oxygen atoms in total. The molecule has 1 unspecified atom stereocenters. The van der Waals surface area contributed by atoms with Crippen molar-refractivity contribution in [2.45, 2.75) is 25.8 Å². The van der Waals surface area contributed by atoms with E-state index in [1.165, 1.54) is 4.88 Å². The number of thiophene rings is 1. The molecule has 2 rings (SSSR count). The van der Waals surface area contributed by atoms with E-state index < -0.39 is 6.04 Å². The number of carbonyl (C=O) groups excluding carboxylic acids is 1. The topological polar surface area (TPSA) is 60.9 Å². The van der Waals surface area contributed by atoms with Gasteiger partial charge in [0, 0.05) is 35.0 Å². The molecule has 5 heteroatoms. The van der Waals surface area contributed by atoms with Crippen molar-refractivity contribution >= 4 is 17.1 Å². The Hall–Kier alpha value is -1.46. The summed E-state index contributed by atoms with van der Waals surface area (Å²) in [7, 11) is 1.81. The first-order valence-corrected chi connectivity index (χ1v) is 6.76. The summed E-state index contributed by atoms with van der Waals surface area (Å²) in [6.45, 7) is 2.11. The molecule has 0 radical (unpaired) electrons. The van der Waals surface area contributed by atoms with Crippen LogP contribution < -0.4 is 5.73 Å². The Bertz CT molecular complexity index is 544. The number of hydrogen-bond acceptors (Lipinski definition) is 4. The number of aryl methyl sites for hydroxylation is 2. The van der Waals surface area contributed by atoms with E-state index in [-0.39, 0.29) is 5.78 Å². The molecule has 0 fully saturated rings. The molecular weight excluding hydrogens is 246 g/mol. The van der Waals surface area contributed by atoms with Gasteiger partial charge in [0.05, 0.1) is 12.2 Å². The van der Waals surface area contributed by atoms with E-state index in [2.05, 4.69) is 18.1 Å². The SMILES string of the molecule is CCc1ccc(CC(=O)C(N)c2cnn(C)c2)s1. The highest BCUT2D eigenvalue weighted by atomic mass is 32.1. The van der Waals surface area contributed by atoms with Gasteiger partial charge < -0.3 is 5.73 Å². The third-order valence-electron chi connectivity index (χ3n) is 2.85. The normalized spacial score (nSPS) is 12.6. The second-order valence-electron chi connectivity index (χ2n) is 4.29. The molecule has 0 bridgehead atoms. The molecule has 0 aliphatic carbocycles. The van der Waals surface area contributed by atoms with Crippen molar-refractivity contribution in [1.82, 2.24) is 9.78 Å². The predicted octanol–water partition coefficient (Wildman–Crippen LogP) is 1.86. The molecule has 0 aliphatic heterocycles. The standard InChI is InChI=1S/C13H17N3OS/c1-3-10-4-5-11(18-10)6-12(17)13(14)9-7-15-16(2)8-9/h4-5,7-8,13H,3,6,14H2,1-2H3. The van der Waals surface area contributed by atoms with Crippen LogP contribution in [0.1, 0.15) is 28.3 Å². The zero-order valence-corrected chi connectivity index (χ0v) is 11.4. The number of Topliss-reactive ketones (excluding diaryl/α,β-unsaturated/α-hetero) is 1. The smallest absolute Gasteiger partial charge is 0.159 e. The fourth-order valence-electron chi connectivity index (χ4n) is 1.78. The lowest BCUT2D eigenvalue weighted by Gasteiger charge is -2.06. The summed E-state index contributed by atoms with van der Waals surface area (Å²) in [5, 5.41) is 4.03. The Balaban J connectivity index is 2.03. The van der Waals surface area contributed by atoms with Gasteiger partial charge in [-0.3, -0.25) is 9.48 Å². The maximum atomic E-state index is 12.1. The van der Waals surface area contributed by atoms with Gasteiger partial charge in [0.25, 0.3) is 0 Å². The van der Waals surface area contributed by atoms with Crippen LogP contribution in [0.3, 0.4) is 0 Å². The van der Waals surface area contributed by atoms with Crippen LogP contribution >= 0.6 is 11.3 Å². The Morgan fingerprint density at radius 2 is 2.22 bits per heavy atom. The molecule has 0 saturated carbocycles. The summed E-state index contributed by atoms with van der Waals surface area (Å²) in [6, 6.07) is 3.51. The van der Waals surface area contributed by atoms with Gasteiger partial charge in [0.1, 0.15) is 0 Å². The first-order valence-electron chi connectivity index (χ1n) is 5.94. The van der Waals surface area contributed by atoms with E-state index in [4.69, 9.17) is 5.73 Å². The summed E-state index contributed by atoms with van der Waals surface area (Å²) in [6.07, 6.45) is 4.84. The first-order chi connectivity index (χ1) is 8.60. The average Bonchev–Trinajstić information content (AvgIpc) is 2.97. The predicted molar refractivity (Wildman–Crippen MR) is 72.5 cm³/mol. The number of ketones is 1. The highest BCUT2D eigenvalue weighted by Gasteiger charge is 2.18. The minimum Gasteiger partial charge on any atom is -0.318 e. The van der Waals surface area contributed by atoms with Gasteiger partial charge in [-0.25, -0.2) is 0 Å². The number of aromatic nitrogens is 2. The Morgan fingerprint density at radius 1 is 1.50 bits per heavy atom. The Kier molecular flexibility index (Phi) is 3.93. The summed E-state index contributed by atoms with van der Waals surface area (Å²) in [5.74, 6) is 0.0347. The molecular formula is C13H17N3OS. The molecule has 1 atom stereocenters. The van der Waals surface area contributed by atoms with Crippen molar-refractivity contribution in [3.05, 3.63) is 39.8 Å². The molecule has 2 aromatic heterocycles. The second-order valence-corrected chi connectivity index (χ2v) is 5.54. The molecule has 0 amide bonds. The van der Waals surface area contributed by atoms with Gasteiger partial charge in [0.2, 0.25) is 0 Å². The fraction of sp³-hybridized carbons (Fsp3) is 0.385. The van der Waals surface area contributed by atoms with Crippen LogP contribution in [0.4, 0.5) is 0 Å². The molecule has 0 aliphatic rings. The average molecular weight is 263 g/mol. The third-order valence-corrected chi connectivity index (χ3v) is 4.07. The van der Waals surface area contributed by atoms with E-state index in [0.717, 1.165) is 16.9 Å². The number of nitrogens with two attached hydrogens (primary N) is 1. The van der Waals surface area contributed by atoms with Crippen LogP contribution in [-0.4, -0.2) is 15.6 Å². The van der Waals surface area contributed by atoms with Crippen molar-refractivity contribution in [1.29, 1.82) is 0 Å². The maximum Gasteiger partial charge on any atom is 0.159 e. The summed E-state index contributed by atoms with van der Waals surface area (Å²) >= 11 is 1.68. The second kappa shape index (κ2) is 5.46. The van der Waals surface area contributed by atoms with Gasteiger partial charge in [-0.15, -0.1) is 11.3 Å². The Labute approximate surface area is 110 Å². The van der Waals surface area contributed by atoms with Crippen molar-refractivity contribution in [3.63, 3.8) is 0 Å². The summed E-state index contributed by atoms with van der Waals surface area (Å²) < 4.78 is 1.66. The van der Waals surface area contributed by atoms with Crippen molar-refractivity contribution < 1.29 is 4.79 Å². The lowest BCUT2D eigenvalue weighted by molar-refractivity contribution is -0.119. The van der Waals surface area contributed by atoms with E-state index in [0.29, 0.717) is 6.42 Å². The number of hydrogen-bond donors (Lipinski definition) is 1. The number of rotatable bonds is 5. The maximum absolute atomic E-state index is 12.1. The molecule has 0 aromatic carbocycles. The number of nitrogens with zero attached hydrogens (tertiary/aromatic N) is 2. The molecule has 2 N–H and O–H groups in total. The van der Waals surface area contributed by atoms with Gasteiger partial charge in [-0.1, -0.05) is 6.92 Å². The van der Waals surface area contributed by atoms with Crippen molar-refractivity contribution in [2.24, 2.45) is 12.8 Å². The molecule has 0 spiro atoms. The quantitative estimate of drug-likeness (QED) is 0.895. The Morgan fingerprint density at radius 3 is 2.78 bits per heavy atom. The number of carbonyl (C=O) groups is 1. The zero-order valence-electron chi connectivity index (χ0n) is 10.6.